The Labute approximate surface area is 108 Å². The summed E-state index contributed by atoms with van der Waals surface area (Å²) in [6, 6.07) is 0. The van der Waals surface area contributed by atoms with Crippen LogP contribution < -0.4 is 5.56 Å². The molecule has 3 rings (SSSR count). The fourth-order valence-corrected chi connectivity index (χ4v) is 4.05. The predicted molar refractivity (Wildman–Crippen MR) is 71.9 cm³/mol. The van der Waals surface area contributed by atoms with Gasteiger partial charge in [0.15, 0.2) is 0 Å². The molecule has 3 heteroatoms. The molecule has 2 saturated carbocycles. The van der Waals surface area contributed by atoms with Crippen LogP contribution in [0.5, 0.6) is 0 Å². The second kappa shape index (κ2) is 4.22. The van der Waals surface area contributed by atoms with Gasteiger partial charge in [-0.05, 0) is 43.9 Å². The summed E-state index contributed by atoms with van der Waals surface area (Å²) in [5.74, 6) is 3.36. The quantitative estimate of drug-likeness (QED) is 0.871. The SMILES string of the molecule is Cc1nc(C2CC3CCC2C3)[nH]c(=O)c1C(C)C. The van der Waals surface area contributed by atoms with E-state index in [4.69, 9.17) is 4.98 Å². The predicted octanol–water partition coefficient (Wildman–Crippen LogP) is 3.11. The average molecular weight is 246 g/mol. The third-order valence-electron chi connectivity index (χ3n) is 4.83. The maximum absolute atomic E-state index is 12.2. The number of nitrogens with zero attached hydrogens (tertiary/aromatic N) is 1. The Morgan fingerprint density at radius 2 is 2.06 bits per heavy atom. The van der Waals surface area contributed by atoms with Crippen molar-refractivity contribution in [3.63, 3.8) is 0 Å². The Kier molecular flexibility index (Phi) is 2.80. The van der Waals surface area contributed by atoms with E-state index in [2.05, 4.69) is 18.8 Å². The van der Waals surface area contributed by atoms with E-state index in [1.54, 1.807) is 0 Å². The van der Waals surface area contributed by atoms with E-state index in [1.807, 2.05) is 6.92 Å². The molecule has 98 valence electrons. The molecule has 2 fully saturated rings. The topological polar surface area (TPSA) is 45.8 Å². The van der Waals surface area contributed by atoms with Gasteiger partial charge in [-0.1, -0.05) is 20.3 Å². The zero-order chi connectivity index (χ0) is 12.9. The van der Waals surface area contributed by atoms with E-state index in [0.717, 1.165) is 28.9 Å². The van der Waals surface area contributed by atoms with Crippen molar-refractivity contribution in [3.05, 3.63) is 27.4 Å². The summed E-state index contributed by atoms with van der Waals surface area (Å²) in [6.45, 7) is 6.08. The van der Waals surface area contributed by atoms with Crippen molar-refractivity contribution in [2.75, 3.05) is 0 Å². The zero-order valence-electron chi connectivity index (χ0n) is 11.5. The highest BCUT2D eigenvalue weighted by Gasteiger charge is 2.41. The summed E-state index contributed by atoms with van der Waals surface area (Å²) >= 11 is 0. The monoisotopic (exact) mass is 246 g/mol. The molecule has 3 unspecified atom stereocenters. The molecule has 0 aliphatic heterocycles. The van der Waals surface area contributed by atoms with Crippen LogP contribution in [0.1, 0.15) is 68.4 Å². The Morgan fingerprint density at radius 1 is 1.28 bits per heavy atom. The lowest BCUT2D eigenvalue weighted by Crippen LogP contribution is -2.23. The second-order valence-corrected chi connectivity index (χ2v) is 6.39. The van der Waals surface area contributed by atoms with E-state index >= 15 is 0 Å². The van der Waals surface area contributed by atoms with Crippen LogP contribution in [0.15, 0.2) is 4.79 Å². The molecule has 0 radical (unpaired) electrons. The molecule has 1 heterocycles. The van der Waals surface area contributed by atoms with Gasteiger partial charge >= 0.3 is 0 Å². The number of hydrogen-bond acceptors (Lipinski definition) is 2. The number of rotatable bonds is 2. The Hall–Kier alpha value is -1.12. The largest absolute Gasteiger partial charge is 0.310 e. The van der Waals surface area contributed by atoms with Gasteiger partial charge in [0.05, 0.1) is 0 Å². The van der Waals surface area contributed by atoms with Crippen molar-refractivity contribution in [1.82, 2.24) is 9.97 Å². The number of nitrogens with one attached hydrogen (secondary N) is 1. The molecule has 2 bridgehead atoms. The van der Waals surface area contributed by atoms with Crippen LogP contribution in [0.4, 0.5) is 0 Å². The maximum Gasteiger partial charge on any atom is 0.254 e. The summed E-state index contributed by atoms with van der Waals surface area (Å²) in [4.78, 5) is 19.9. The van der Waals surface area contributed by atoms with Crippen LogP contribution >= 0.6 is 0 Å². The molecule has 0 spiro atoms. The van der Waals surface area contributed by atoms with Gasteiger partial charge in [0, 0.05) is 17.2 Å². The third kappa shape index (κ3) is 1.80. The number of hydrogen-bond donors (Lipinski definition) is 1. The highest BCUT2D eigenvalue weighted by molar-refractivity contribution is 5.22. The van der Waals surface area contributed by atoms with Gasteiger partial charge in [0.1, 0.15) is 5.82 Å². The van der Waals surface area contributed by atoms with Crippen LogP contribution in [-0.4, -0.2) is 9.97 Å². The highest BCUT2D eigenvalue weighted by Crippen LogP contribution is 2.51. The second-order valence-electron chi connectivity index (χ2n) is 6.39. The van der Waals surface area contributed by atoms with Gasteiger partial charge in [-0.2, -0.15) is 0 Å². The van der Waals surface area contributed by atoms with Crippen molar-refractivity contribution in [1.29, 1.82) is 0 Å². The molecule has 18 heavy (non-hydrogen) atoms. The lowest BCUT2D eigenvalue weighted by atomic mass is 9.88. The Balaban J connectivity index is 1.97. The first-order valence-corrected chi connectivity index (χ1v) is 7.17. The normalized spacial score (nSPS) is 30.3. The number of aromatic amines is 1. The van der Waals surface area contributed by atoms with Crippen molar-refractivity contribution < 1.29 is 0 Å². The van der Waals surface area contributed by atoms with Crippen LogP contribution in [-0.2, 0) is 0 Å². The van der Waals surface area contributed by atoms with Gasteiger partial charge in [-0.3, -0.25) is 4.79 Å². The molecule has 2 aliphatic carbocycles. The first kappa shape index (κ1) is 11.9. The molecular formula is C15H22N2O. The smallest absolute Gasteiger partial charge is 0.254 e. The molecule has 3 nitrogen and oxygen atoms in total. The minimum Gasteiger partial charge on any atom is -0.310 e. The zero-order valence-corrected chi connectivity index (χ0v) is 11.5. The average Bonchev–Trinajstić information content (AvgIpc) is 2.88. The summed E-state index contributed by atoms with van der Waals surface area (Å²) in [5.41, 5.74) is 1.85. The molecule has 0 aromatic carbocycles. The van der Waals surface area contributed by atoms with Gasteiger partial charge in [0.2, 0.25) is 0 Å². The van der Waals surface area contributed by atoms with Crippen LogP contribution in [0.2, 0.25) is 0 Å². The van der Waals surface area contributed by atoms with Crippen molar-refractivity contribution >= 4 is 0 Å². The van der Waals surface area contributed by atoms with Crippen molar-refractivity contribution in [2.24, 2.45) is 11.8 Å². The molecule has 3 atom stereocenters. The van der Waals surface area contributed by atoms with Crippen molar-refractivity contribution in [3.8, 4) is 0 Å². The van der Waals surface area contributed by atoms with E-state index in [1.165, 1.54) is 25.7 Å². The first-order valence-electron chi connectivity index (χ1n) is 7.17. The van der Waals surface area contributed by atoms with Gasteiger partial charge in [-0.15, -0.1) is 0 Å². The summed E-state index contributed by atoms with van der Waals surface area (Å²) in [7, 11) is 0. The number of aromatic nitrogens is 2. The van der Waals surface area contributed by atoms with E-state index < -0.39 is 0 Å². The number of H-pyrrole nitrogens is 1. The molecule has 2 aliphatic rings. The van der Waals surface area contributed by atoms with Gasteiger partial charge in [-0.25, -0.2) is 4.98 Å². The number of aryl methyl sites for hydroxylation is 1. The molecule has 1 N–H and O–H groups in total. The lowest BCUT2D eigenvalue weighted by molar-refractivity contribution is 0.403. The third-order valence-corrected chi connectivity index (χ3v) is 4.83. The first-order chi connectivity index (χ1) is 8.56. The van der Waals surface area contributed by atoms with Crippen LogP contribution in [0.25, 0.3) is 0 Å². The number of fused-ring (bicyclic) bond motifs is 2. The standard InChI is InChI=1S/C15H22N2O/c1-8(2)13-9(3)16-14(17-15(13)18)12-7-10-4-5-11(12)6-10/h8,10-12H,4-7H2,1-3H3,(H,16,17,18). The van der Waals surface area contributed by atoms with Crippen LogP contribution in [0, 0.1) is 18.8 Å². The Bertz CT molecular complexity index is 518. The Morgan fingerprint density at radius 3 is 2.56 bits per heavy atom. The van der Waals surface area contributed by atoms with Crippen molar-refractivity contribution in [2.45, 2.75) is 58.3 Å². The molecule has 1 aromatic rings. The van der Waals surface area contributed by atoms with Crippen LogP contribution in [0.3, 0.4) is 0 Å². The molecule has 1 aromatic heterocycles. The van der Waals surface area contributed by atoms with E-state index in [0.29, 0.717) is 5.92 Å². The highest BCUT2D eigenvalue weighted by atomic mass is 16.1. The van der Waals surface area contributed by atoms with Gasteiger partial charge < -0.3 is 4.98 Å². The fourth-order valence-electron chi connectivity index (χ4n) is 4.05. The van der Waals surface area contributed by atoms with E-state index in [-0.39, 0.29) is 11.5 Å². The fraction of sp³-hybridized carbons (Fsp3) is 0.733. The summed E-state index contributed by atoms with van der Waals surface area (Å²) in [6.07, 6.45) is 5.28. The maximum atomic E-state index is 12.2. The summed E-state index contributed by atoms with van der Waals surface area (Å²) in [5, 5.41) is 0. The molecule has 0 amide bonds. The molecule has 0 saturated heterocycles. The van der Waals surface area contributed by atoms with Gasteiger partial charge in [0.25, 0.3) is 5.56 Å². The minimum atomic E-state index is 0.0790. The van der Waals surface area contributed by atoms with E-state index in [9.17, 15) is 4.79 Å². The molecular weight excluding hydrogens is 224 g/mol. The minimum absolute atomic E-state index is 0.0790. The lowest BCUT2D eigenvalue weighted by Gasteiger charge is -2.21. The summed E-state index contributed by atoms with van der Waals surface area (Å²) < 4.78 is 0.